The molecule has 1 aliphatic rings. The van der Waals surface area contributed by atoms with Crippen LogP contribution in [0.4, 0.5) is 10.1 Å². The third-order valence-corrected chi connectivity index (χ3v) is 5.84. The molecule has 0 aliphatic carbocycles. The van der Waals surface area contributed by atoms with E-state index in [2.05, 4.69) is 54.0 Å². The van der Waals surface area contributed by atoms with E-state index in [1.54, 1.807) is 18.2 Å². The van der Waals surface area contributed by atoms with Gasteiger partial charge in [-0.25, -0.2) is 4.39 Å². The molecule has 0 aromatic heterocycles. The number of hydrogen-bond acceptors (Lipinski definition) is 4. The van der Waals surface area contributed by atoms with Gasteiger partial charge in [0.15, 0.2) is 0 Å². The summed E-state index contributed by atoms with van der Waals surface area (Å²) in [4.78, 5) is 18.6. The molecular formula is C27H32FN3O2. The molecule has 174 valence electrons. The van der Waals surface area contributed by atoms with Crippen LogP contribution in [-0.4, -0.2) is 38.4 Å². The van der Waals surface area contributed by atoms with Crippen molar-refractivity contribution in [3.05, 3.63) is 82.8 Å². The van der Waals surface area contributed by atoms with E-state index in [-0.39, 0.29) is 24.7 Å². The summed E-state index contributed by atoms with van der Waals surface area (Å²) in [6.45, 7) is 12.4. The number of ether oxygens (including phenoxy) is 1. The van der Waals surface area contributed by atoms with Gasteiger partial charge in [-0.15, -0.1) is 0 Å². The van der Waals surface area contributed by atoms with Crippen molar-refractivity contribution >= 4 is 23.9 Å². The van der Waals surface area contributed by atoms with Gasteiger partial charge in [0.05, 0.1) is 19.6 Å². The SMILES string of the molecule is C=N/C(=C\C=C(/C)c1ccc(N2CCOC[C@@H]2C)cc1C)CC(=O)NCc1ccccc1F. The number of carbonyl (C=O) groups is 1. The fraction of sp³-hybridized carbons (Fsp3) is 0.333. The molecule has 0 radical (unpaired) electrons. The van der Waals surface area contributed by atoms with Crippen molar-refractivity contribution in [1.82, 2.24) is 5.32 Å². The van der Waals surface area contributed by atoms with Crippen LogP contribution >= 0.6 is 0 Å². The number of aryl methyl sites for hydroxylation is 1. The molecule has 3 rings (SSSR count). The second kappa shape index (κ2) is 11.6. The number of rotatable bonds is 8. The van der Waals surface area contributed by atoms with Gasteiger partial charge in [-0.3, -0.25) is 9.79 Å². The van der Waals surface area contributed by atoms with Crippen molar-refractivity contribution in [2.24, 2.45) is 4.99 Å². The number of nitrogens with one attached hydrogen (secondary N) is 1. The van der Waals surface area contributed by atoms with Crippen LogP contribution in [0.1, 0.15) is 37.0 Å². The predicted molar refractivity (Wildman–Crippen MR) is 133 cm³/mol. The van der Waals surface area contributed by atoms with Gasteiger partial charge in [-0.05, 0) is 68.5 Å². The molecule has 5 nitrogen and oxygen atoms in total. The number of nitrogens with zero attached hydrogens (tertiary/aromatic N) is 2. The van der Waals surface area contributed by atoms with Crippen LogP contribution < -0.4 is 10.2 Å². The minimum atomic E-state index is -0.335. The van der Waals surface area contributed by atoms with E-state index in [1.165, 1.54) is 17.3 Å². The number of halogens is 1. The third kappa shape index (κ3) is 6.62. The Bertz CT molecular complexity index is 1060. The summed E-state index contributed by atoms with van der Waals surface area (Å²) < 4.78 is 19.3. The summed E-state index contributed by atoms with van der Waals surface area (Å²) in [5.41, 5.74) is 5.60. The number of allylic oxidation sites excluding steroid dienone is 3. The van der Waals surface area contributed by atoms with Crippen molar-refractivity contribution in [2.75, 3.05) is 24.7 Å². The Morgan fingerprint density at radius 3 is 2.79 bits per heavy atom. The molecule has 1 heterocycles. The fourth-order valence-electron chi connectivity index (χ4n) is 3.92. The number of aliphatic imine (C=N–C) groups is 1. The fourth-order valence-corrected chi connectivity index (χ4v) is 3.92. The number of morpholine rings is 1. The zero-order chi connectivity index (χ0) is 23.8. The van der Waals surface area contributed by atoms with Crippen LogP contribution in [0.25, 0.3) is 5.57 Å². The van der Waals surface area contributed by atoms with Crippen LogP contribution in [0, 0.1) is 12.7 Å². The topological polar surface area (TPSA) is 53.9 Å². The van der Waals surface area contributed by atoms with E-state index in [4.69, 9.17) is 4.74 Å². The van der Waals surface area contributed by atoms with E-state index in [0.29, 0.717) is 17.3 Å². The highest BCUT2D eigenvalue weighted by Crippen LogP contribution is 2.26. The minimum Gasteiger partial charge on any atom is -0.377 e. The van der Waals surface area contributed by atoms with Crippen LogP contribution in [0.5, 0.6) is 0 Å². The Morgan fingerprint density at radius 2 is 2.09 bits per heavy atom. The lowest BCUT2D eigenvalue weighted by Crippen LogP contribution is -2.43. The smallest absolute Gasteiger partial charge is 0.226 e. The molecule has 2 aromatic carbocycles. The molecule has 33 heavy (non-hydrogen) atoms. The van der Waals surface area contributed by atoms with Crippen LogP contribution in [-0.2, 0) is 16.1 Å². The normalized spacial score (nSPS) is 17.1. The Morgan fingerprint density at radius 1 is 1.30 bits per heavy atom. The summed E-state index contributed by atoms with van der Waals surface area (Å²) in [5.74, 6) is -0.568. The zero-order valence-electron chi connectivity index (χ0n) is 19.6. The maximum Gasteiger partial charge on any atom is 0.226 e. The largest absolute Gasteiger partial charge is 0.377 e. The first-order valence-corrected chi connectivity index (χ1v) is 11.2. The van der Waals surface area contributed by atoms with Crippen molar-refractivity contribution in [2.45, 2.75) is 39.8 Å². The number of anilines is 1. The Kier molecular flexibility index (Phi) is 8.55. The predicted octanol–water partition coefficient (Wildman–Crippen LogP) is 5.05. The summed E-state index contributed by atoms with van der Waals surface area (Å²) in [6.07, 6.45) is 3.84. The quantitative estimate of drug-likeness (QED) is 0.453. The molecular weight excluding hydrogens is 417 g/mol. The second-order valence-corrected chi connectivity index (χ2v) is 8.33. The third-order valence-electron chi connectivity index (χ3n) is 5.84. The number of benzene rings is 2. The lowest BCUT2D eigenvalue weighted by atomic mass is 9.99. The summed E-state index contributed by atoms with van der Waals surface area (Å²) in [5, 5.41) is 2.73. The zero-order valence-corrected chi connectivity index (χ0v) is 19.6. The van der Waals surface area contributed by atoms with Gasteiger partial charge in [0.1, 0.15) is 5.82 Å². The van der Waals surface area contributed by atoms with Gasteiger partial charge < -0.3 is 15.0 Å². The number of hydrogen-bond donors (Lipinski definition) is 1. The van der Waals surface area contributed by atoms with Crippen LogP contribution in [0.2, 0.25) is 0 Å². The first kappa shape index (κ1) is 24.4. The average molecular weight is 450 g/mol. The van der Waals surface area contributed by atoms with Crippen molar-refractivity contribution < 1.29 is 13.9 Å². The minimum absolute atomic E-state index is 0.0779. The average Bonchev–Trinajstić information content (AvgIpc) is 2.81. The molecule has 1 aliphatic heterocycles. The first-order chi connectivity index (χ1) is 15.9. The van der Waals surface area contributed by atoms with Crippen LogP contribution in [0.3, 0.4) is 0 Å². The van der Waals surface area contributed by atoms with Crippen molar-refractivity contribution in [3.63, 3.8) is 0 Å². The van der Waals surface area contributed by atoms with Crippen molar-refractivity contribution in [1.29, 1.82) is 0 Å². The number of amides is 1. The lowest BCUT2D eigenvalue weighted by Gasteiger charge is -2.35. The van der Waals surface area contributed by atoms with E-state index in [1.807, 2.05) is 19.1 Å². The van der Waals surface area contributed by atoms with Crippen molar-refractivity contribution in [3.8, 4) is 0 Å². The van der Waals surface area contributed by atoms with Crippen LogP contribution in [0.15, 0.2) is 65.3 Å². The van der Waals surface area contributed by atoms with E-state index < -0.39 is 0 Å². The molecule has 0 spiro atoms. The molecule has 1 saturated heterocycles. The van der Waals surface area contributed by atoms with E-state index >= 15 is 0 Å². The maximum atomic E-state index is 13.7. The molecule has 2 aromatic rings. The van der Waals surface area contributed by atoms with E-state index in [0.717, 1.165) is 30.9 Å². The molecule has 1 atom stereocenters. The van der Waals surface area contributed by atoms with Gasteiger partial charge >= 0.3 is 0 Å². The van der Waals surface area contributed by atoms with Gasteiger partial charge in [-0.1, -0.05) is 30.3 Å². The number of carbonyl (C=O) groups excluding carboxylic acids is 1. The van der Waals surface area contributed by atoms with Gasteiger partial charge in [0.2, 0.25) is 5.91 Å². The molecule has 0 saturated carbocycles. The summed E-state index contributed by atoms with van der Waals surface area (Å²) in [6, 6.07) is 13.2. The highest BCUT2D eigenvalue weighted by atomic mass is 19.1. The maximum absolute atomic E-state index is 13.7. The first-order valence-electron chi connectivity index (χ1n) is 11.2. The summed E-state index contributed by atoms with van der Waals surface area (Å²) in [7, 11) is 0. The molecule has 0 bridgehead atoms. The lowest BCUT2D eigenvalue weighted by molar-refractivity contribution is -0.120. The van der Waals surface area contributed by atoms with E-state index in [9.17, 15) is 9.18 Å². The highest BCUT2D eigenvalue weighted by Gasteiger charge is 2.19. The van der Waals surface area contributed by atoms with Gasteiger partial charge in [0.25, 0.3) is 0 Å². The van der Waals surface area contributed by atoms with Gasteiger partial charge in [0, 0.05) is 36.1 Å². The highest BCUT2D eigenvalue weighted by molar-refractivity contribution is 5.79. The Balaban J connectivity index is 1.64. The molecule has 0 unspecified atom stereocenters. The Hall–Kier alpha value is -3.25. The Labute approximate surface area is 195 Å². The molecule has 1 N–H and O–H groups in total. The summed E-state index contributed by atoms with van der Waals surface area (Å²) >= 11 is 0. The molecule has 1 fully saturated rings. The molecule has 6 heteroatoms. The standard InChI is InChI=1S/C27H32FN3O2/c1-19(25-12-11-24(15-20(25)2)31-13-14-33-18-21(31)3)9-10-23(29-4)16-27(32)30-17-22-7-5-6-8-26(22)28/h5-12,15,21H,4,13-14,16-18H2,1-3H3,(H,30,32)/b19-9+,23-10-/t21-/m0/s1. The molecule has 1 amide bonds. The monoisotopic (exact) mass is 449 g/mol. The van der Waals surface area contributed by atoms with Gasteiger partial charge in [-0.2, -0.15) is 0 Å². The second-order valence-electron chi connectivity index (χ2n) is 8.33.